The van der Waals surface area contributed by atoms with Crippen LogP contribution in [0.1, 0.15) is 51.3 Å². The number of para-hydroxylation sites is 1. The second-order valence-electron chi connectivity index (χ2n) is 7.07. The highest BCUT2D eigenvalue weighted by atomic mass is 127. The smallest absolute Gasteiger partial charge is 0.220 e. The molecule has 8 heteroatoms. The average Bonchev–Trinajstić information content (AvgIpc) is 3.38. The molecule has 1 heterocycles. The van der Waals surface area contributed by atoms with Gasteiger partial charge in [-0.1, -0.05) is 12.1 Å². The molecule has 1 unspecified atom stereocenters. The van der Waals surface area contributed by atoms with Crippen LogP contribution in [0.25, 0.3) is 11.0 Å². The van der Waals surface area contributed by atoms with E-state index < -0.39 is 0 Å². The van der Waals surface area contributed by atoms with Crippen LogP contribution in [-0.4, -0.2) is 38.1 Å². The number of guanidine groups is 1. The van der Waals surface area contributed by atoms with Gasteiger partial charge >= 0.3 is 0 Å². The van der Waals surface area contributed by atoms with E-state index in [1.165, 1.54) is 0 Å². The highest BCUT2D eigenvalue weighted by molar-refractivity contribution is 14.0. The van der Waals surface area contributed by atoms with Crippen molar-refractivity contribution in [3.05, 3.63) is 30.0 Å². The van der Waals surface area contributed by atoms with Crippen LogP contribution in [0.5, 0.6) is 5.75 Å². The number of aliphatic imine (C=N–C) groups is 1. The lowest BCUT2D eigenvalue weighted by Gasteiger charge is -2.16. The van der Waals surface area contributed by atoms with Crippen LogP contribution in [0.15, 0.2) is 33.7 Å². The number of carbonyl (C=O) groups is 1. The van der Waals surface area contributed by atoms with Crippen LogP contribution in [-0.2, 0) is 4.79 Å². The van der Waals surface area contributed by atoms with E-state index in [1.807, 2.05) is 38.1 Å². The number of ether oxygens (including phenoxy) is 1. The van der Waals surface area contributed by atoms with Gasteiger partial charge in [-0.25, -0.2) is 0 Å². The number of fused-ring (bicyclic) bond motifs is 1. The SMILES string of the molecule is CCOc1cccc2cc(C(C)NC(=NC)NCCCC(=O)NC3CC3)oc12.I. The third-order valence-electron chi connectivity index (χ3n) is 4.65. The molecule has 1 aromatic heterocycles. The number of furan rings is 1. The number of halogens is 1. The standard InChI is InChI=1S/C21H30N4O3.HI/c1-4-27-17-8-5-7-15-13-18(28-20(15)17)14(2)24-21(22-3)23-12-6-9-19(26)25-16-10-11-16;/h5,7-8,13-14,16H,4,6,9-12H2,1-3H3,(H,25,26)(H2,22,23,24);1H. The molecule has 1 aliphatic rings. The normalized spacial score (nSPS) is 14.8. The predicted octanol–water partition coefficient (Wildman–Crippen LogP) is 3.73. The van der Waals surface area contributed by atoms with Gasteiger partial charge in [0, 0.05) is 31.4 Å². The molecule has 1 fully saturated rings. The van der Waals surface area contributed by atoms with Gasteiger partial charge in [-0.3, -0.25) is 9.79 Å². The van der Waals surface area contributed by atoms with Crippen LogP contribution in [0.3, 0.4) is 0 Å². The van der Waals surface area contributed by atoms with Crippen LogP contribution in [0.4, 0.5) is 0 Å². The van der Waals surface area contributed by atoms with Crippen LogP contribution < -0.4 is 20.7 Å². The summed E-state index contributed by atoms with van der Waals surface area (Å²) in [6.07, 6.45) is 3.52. The van der Waals surface area contributed by atoms with Crippen molar-refractivity contribution in [2.75, 3.05) is 20.2 Å². The first-order chi connectivity index (χ1) is 13.6. The van der Waals surface area contributed by atoms with E-state index in [0.717, 1.165) is 41.7 Å². The quantitative estimate of drug-likeness (QED) is 0.206. The lowest BCUT2D eigenvalue weighted by Crippen LogP contribution is -2.39. The zero-order chi connectivity index (χ0) is 19.9. The molecule has 160 valence electrons. The lowest BCUT2D eigenvalue weighted by atomic mass is 10.2. The van der Waals surface area contributed by atoms with Crippen LogP contribution in [0, 0.1) is 0 Å². The van der Waals surface area contributed by atoms with Gasteiger partial charge in [-0.05, 0) is 45.2 Å². The summed E-state index contributed by atoms with van der Waals surface area (Å²) in [5, 5.41) is 10.6. The molecular weight excluding hydrogens is 483 g/mol. The van der Waals surface area contributed by atoms with Crippen molar-refractivity contribution in [3.8, 4) is 5.75 Å². The molecule has 1 atom stereocenters. The van der Waals surface area contributed by atoms with Crippen molar-refractivity contribution in [1.29, 1.82) is 0 Å². The summed E-state index contributed by atoms with van der Waals surface area (Å²) in [4.78, 5) is 16.0. The van der Waals surface area contributed by atoms with E-state index in [0.29, 0.717) is 31.6 Å². The molecule has 1 aromatic carbocycles. The van der Waals surface area contributed by atoms with E-state index in [9.17, 15) is 4.79 Å². The number of carbonyl (C=O) groups excluding carboxylic acids is 1. The molecule has 1 saturated carbocycles. The third kappa shape index (κ3) is 6.80. The Morgan fingerprint density at radius 1 is 1.38 bits per heavy atom. The second kappa shape index (κ2) is 11.3. The number of rotatable bonds is 9. The number of nitrogens with zero attached hydrogens (tertiary/aromatic N) is 1. The summed E-state index contributed by atoms with van der Waals surface area (Å²) in [7, 11) is 1.73. The Labute approximate surface area is 189 Å². The molecule has 1 aliphatic carbocycles. The number of benzene rings is 1. The Morgan fingerprint density at radius 3 is 2.86 bits per heavy atom. The van der Waals surface area contributed by atoms with E-state index in [1.54, 1.807) is 7.05 Å². The van der Waals surface area contributed by atoms with Gasteiger partial charge in [-0.15, -0.1) is 24.0 Å². The maximum absolute atomic E-state index is 11.7. The molecule has 29 heavy (non-hydrogen) atoms. The first-order valence-electron chi connectivity index (χ1n) is 10.0. The fourth-order valence-corrected chi connectivity index (χ4v) is 2.99. The monoisotopic (exact) mass is 514 g/mol. The summed E-state index contributed by atoms with van der Waals surface area (Å²) in [6.45, 7) is 5.25. The third-order valence-corrected chi connectivity index (χ3v) is 4.65. The Morgan fingerprint density at radius 2 is 2.17 bits per heavy atom. The molecular formula is C21H31IN4O3. The van der Waals surface area contributed by atoms with Gasteiger partial charge in [0.25, 0.3) is 0 Å². The van der Waals surface area contributed by atoms with Crippen molar-refractivity contribution < 1.29 is 13.9 Å². The lowest BCUT2D eigenvalue weighted by molar-refractivity contribution is -0.121. The van der Waals surface area contributed by atoms with Gasteiger partial charge in [0.1, 0.15) is 5.76 Å². The Hall–Kier alpha value is -1.97. The molecule has 3 N–H and O–H groups in total. The van der Waals surface area contributed by atoms with Gasteiger partial charge in [0.2, 0.25) is 5.91 Å². The van der Waals surface area contributed by atoms with Crippen molar-refractivity contribution in [1.82, 2.24) is 16.0 Å². The van der Waals surface area contributed by atoms with E-state index in [-0.39, 0.29) is 35.9 Å². The minimum absolute atomic E-state index is 0. The maximum atomic E-state index is 11.7. The first-order valence-corrected chi connectivity index (χ1v) is 10.0. The van der Waals surface area contributed by atoms with Crippen molar-refractivity contribution in [2.45, 2.75) is 51.6 Å². The van der Waals surface area contributed by atoms with Gasteiger partial charge in [-0.2, -0.15) is 0 Å². The van der Waals surface area contributed by atoms with E-state index in [4.69, 9.17) is 9.15 Å². The summed E-state index contributed by atoms with van der Waals surface area (Å²) in [5.41, 5.74) is 0.762. The predicted molar refractivity (Wildman–Crippen MR) is 126 cm³/mol. The molecule has 0 aliphatic heterocycles. The van der Waals surface area contributed by atoms with Crippen molar-refractivity contribution >= 4 is 46.8 Å². The van der Waals surface area contributed by atoms with E-state index in [2.05, 4.69) is 20.9 Å². The number of amides is 1. The fraction of sp³-hybridized carbons (Fsp3) is 0.524. The second-order valence-corrected chi connectivity index (χ2v) is 7.07. The van der Waals surface area contributed by atoms with Crippen molar-refractivity contribution in [3.63, 3.8) is 0 Å². The highest BCUT2D eigenvalue weighted by Crippen LogP contribution is 2.31. The molecule has 0 bridgehead atoms. The van der Waals surface area contributed by atoms with Gasteiger partial charge in [0.15, 0.2) is 17.3 Å². The summed E-state index contributed by atoms with van der Waals surface area (Å²) in [6, 6.07) is 8.26. The summed E-state index contributed by atoms with van der Waals surface area (Å²) >= 11 is 0. The van der Waals surface area contributed by atoms with Crippen LogP contribution in [0.2, 0.25) is 0 Å². The topological polar surface area (TPSA) is 87.9 Å². The fourth-order valence-electron chi connectivity index (χ4n) is 2.99. The zero-order valence-electron chi connectivity index (χ0n) is 17.3. The Balaban J connectivity index is 0.00000300. The first kappa shape index (κ1) is 23.3. The van der Waals surface area contributed by atoms with Gasteiger partial charge in [0.05, 0.1) is 12.6 Å². The molecule has 0 saturated heterocycles. The minimum atomic E-state index is -0.0637. The van der Waals surface area contributed by atoms with Gasteiger partial charge < -0.3 is 25.1 Å². The zero-order valence-corrected chi connectivity index (χ0v) is 19.6. The average molecular weight is 514 g/mol. The minimum Gasteiger partial charge on any atom is -0.490 e. The Kier molecular flexibility index (Phi) is 9.06. The summed E-state index contributed by atoms with van der Waals surface area (Å²) in [5.74, 6) is 2.38. The largest absolute Gasteiger partial charge is 0.490 e. The molecule has 3 rings (SSSR count). The number of hydrogen-bond acceptors (Lipinski definition) is 4. The molecule has 2 aromatic rings. The van der Waals surface area contributed by atoms with E-state index >= 15 is 0 Å². The molecule has 7 nitrogen and oxygen atoms in total. The maximum Gasteiger partial charge on any atom is 0.220 e. The molecule has 0 radical (unpaired) electrons. The number of hydrogen-bond donors (Lipinski definition) is 3. The van der Waals surface area contributed by atoms with Crippen molar-refractivity contribution in [2.24, 2.45) is 4.99 Å². The Bertz CT molecular complexity index is 832. The summed E-state index contributed by atoms with van der Waals surface area (Å²) < 4.78 is 11.7. The highest BCUT2D eigenvalue weighted by Gasteiger charge is 2.22. The van der Waals surface area contributed by atoms with Crippen LogP contribution >= 0.6 is 24.0 Å². The number of nitrogens with one attached hydrogen (secondary N) is 3. The molecule has 0 spiro atoms. The molecule has 1 amide bonds.